The molecule has 1 heterocycles. The fourth-order valence-corrected chi connectivity index (χ4v) is 2.94. The Kier molecular flexibility index (Phi) is 4.27. The van der Waals surface area contributed by atoms with Crippen molar-refractivity contribution in [2.24, 2.45) is 0 Å². The number of carboxylic acids is 1. The number of benzene rings is 1. The molecule has 1 amide bonds. The molecule has 5 nitrogen and oxygen atoms in total. The highest BCUT2D eigenvalue weighted by atomic mass is 79.9. The number of Topliss-reactive ketones (excluding diaryl/α,β-unsaturated/α-hetero) is 1. The molecule has 0 unspecified atom stereocenters. The van der Waals surface area contributed by atoms with Gasteiger partial charge in [0.25, 0.3) is 11.7 Å². The van der Waals surface area contributed by atoms with Gasteiger partial charge in [0.1, 0.15) is 0 Å². The maximum absolute atomic E-state index is 12.1. The van der Waals surface area contributed by atoms with Crippen LogP contribution in [0.3, 0.4) is 0 Å². The number of hydrogen-bond donors (Lipinski definition) is 1. The van der Waals surface area contributed by atoms with E-state index in [1.807, 2.05) is 13.0 Å². The second-order valence-electron chi connectivity index (χ2n) is 4.75. The Morgan fingerprint density at radius 2 is 2.05 bits per heavy atom. The van der Waals surface area contributed by atoms with Crippen molar-refractivity contribution in [3.63, 3.8) is 0 Å². The van der Waals surface area contributed by atoms with Crippen LogP contribution in [0.15, 0.2) is 28.3 Å². The largest absolute Gasteiger partial charge is 0.478 e. The summed E-state index contributed by atoms with van der Waals surface area (Å²) in [6.07, 6.45) is 1.83. The molecule has 1 aliphatic rings. The topological polar surface area (TPSA) is 74.7 Å². The van der Waals surface area contributed by atoms with Crippen LogP contribution in [0.1, 0.15) is 29.3 Å². The number of rotatable bonds is 4. The third-order valence-electron chi connectivity index (χ3n) is 3.40. The summed E-state index contributed by atoms with van der Waals surface area (Å²) in [6, 6.07) is 3.43. The first-order chi connectivity index (χ1) is 9.86. The molecule has 1 aromatic rings. The maximum atomic E-state index is 12.1. The number of carbonyl (C=O) groups excluding carboxylic acids is 2. The van der Waals surface area contributed by atoms with Gasteiger partial charge in [-0.25, -0.2) is 4.79 Å². The Morgan fingerprint density at radius 1 is 1.38 bits per heavy atom. The van der Waals surface area contributed by atoms with Crippen LogP contribution in [0.4, 0.5) is 5.69 Å². The first-order valence-corrected chi connectivity index (χ1v) is 7.24. The summed E-state index contributed by atoms with van der Waals surface area (Å²) in [6.45, 7) is 3.62. The van der Waals surface area contributed by atoms with Crippen LogP contribution < -0.4 is 4.90 Å². The third kappa shape index (κ3) is 2.76. The van der Waals surface area contributed by atoms with E-state index in [1.54, 1.807) is 13.0 Å². The van der Waals surface area contributed by atoms with Gasteiger partial charge < -0.3 is 10.0 Å². The van der Waals surface area contributed by atoms with Gasteiger partial charge in [0.2, 0.25) is 0 Å². The zero-order valence-electron chi connectivity index (χ0n) is 11.6. The van der Waals surface area contributed by atoms with Crippen molar-refractivity contribution in [2.75, 3.05) is 11.4 Å². The number of ketones is 1. The van der Waals surface area contributed by atoms with Gasteiger partial charge in [-0.05, 0) is 31.0 Å². The van der Waals surface area contributed by atoms with E-state index in [2.05, 4.69) is 15.9 Å². The predicted molar refractivity (Wildman–Crippen MR) is 81.6 cm³/mol. The number of aryl methyl sites for hydroxylation is 1. The number of carbonyl (C=O) groups is 3. The number of amides is 1. The quantitative estimate of drug-likeness (QED) is 0.668. The molecule has 0 bridgehead atoms. The van der Waals surface area contributed by atoms with Crippen molar-refractivity contribution in [3.8, 4) is 0 Å². The molecule has 0 fully saturated rings. The predicted octanol–water partition coefficient (Wildman–Crippen LogP) is 2.71. The fourth-order valence-electron chi connectivity index (χ4n) is 2.36. The van der Waals surface area contributed by atoms with E-state index in [0.29, 0.717) is 17.7 Å². The highest BCUT2D eigenvalue weighted by Crippen LogP contribution is 2.34. The number of carboxylic acid groups (broad SMARTS) is 1. The van der Waals surface area contributed by atoms with E-state index >= 15 is 0 Å². The lowest BCUT2D eigenvalue weighted by molar-refractivity contribution is -0.132. The summed E-state index contributed by atoms with van der Waals surface area (Å²) in [7, 11) is 0. The smallest absolute Gasteiger partial charge is 0.331 e. The lowest BCUT2D eigenvalue weighted by atomic mass is 10.1. The second-order valence-corrected chi connectivity index (χ2v) is 5.67. The van der Waals surface area contributed by atoms with E-state index in [-0.39, 0.29) is 12.1 Å². The summed E-state index contributed by atoms with van der Waals surface area (Å²) in [5.41, 5.74) is 1.93. The van der Waals surface area contributed by atoms with Gasteiger partial charge in [-0.3, -0.25) is 9.59 Å². The molecule has 21 heavy (non-hydrogen) atoms. The zero-order chi connectivity index (χ0) is 15.7. The number of fused-ring (bicyclic) bond motifs is 1. The summed E-state index contributed by atoms with van der Waals surface area (Å²) in [5, 5.41) is 9.01. The number of anilines is 1. The van der Waals surface area contributed by atoms with Gasteiger partial charge in [-0.1, -0.05) is 28.9 Å². The normalized spacial score (nSPS) is 14.6. The molecule has 1 N–H and O–H groups in total. The SMILES string of the molecule is CCC(=CCN1C(=O)C(=O)c2cc(Br)cc(C)c21)C(=O)O. The van der Waals surface area contributed by atoms with E-state index in [0.717, 1.165) is 10.0 Å². The minimum Gasteiger partial charge on any atom is -0.478 e. The van der Waals surface area contributed by atoms with Crippen LogP contribution >= 0.6 is 15.9 Å². The summed E-state index contributed by atoms with van der Waals surface area (Å²) < 4.78 is 0.733. The molecule has 0 saturated heterocycles. The van der Waals surface area contributed by atoms with Crippen molar-refractivity contribution in [3.05, 3.63) is 39.4 Å². The second kappa shape index (κ2) is 5.81. The molecule has 0 aromatic heterocycles. The van der Waals surface area contributed by atoms with Crippen molar-refractivity contribution >= 4 is 39.3 Å². The van der Waals surface area contributed by atoms with Gasteiger partial charge in [-0.15, -0.1) is 0 Å². The van der Waals surface area contributed by atoms with E-state index < -0.39 is 17.7 Å². The first-order valence-electron chi connectivity index (χ1n) is 6.45. The van der Waals surface area contributed by atoms with Crippen LogP contribution in [0.25, 0.3) is 0 Å². The number of nitrogens with zero attached hydrogens (tertiary/aromatic N) is 1. The zero-order valence-corrected chi connectivity index (χ0v) is 13.2. The van der Waals surface area contributed by atoms with Crippen molar-refractivity contribution in [2.45, 2.75) is 20.3 Å². The van der Waals surface area contributed by atoms with Crippen molar-refractivity contribution in [1.82, 2.24) is 0 Å². The molecule has 0 spiro atoms. The van der Waals surface area contributed by atoms with Crippen LogP contribution in [-0.4, -0.2) is 29.3 Å². The highest BCUT2D eigenvalue weighted by Gasteiger charge is 2.36. The standard InChI is InChI=1S/C15H14BrNO4/c1-3-9(15(20)21)4-5-17-12-8(2)6-10(16)7-11(12)13(18)14(17)19/h4,6-7H,3,5H2,1-2H3,(H,20,21). The Balaban J connectivity index is 2.42. The summed E-state index contributed by atoms with van der Waals surface area (Å²) >= 11 is 3.30. The van der Waals surface area contributed by atoms with Crippen LogP contribution in [0.5, 0.6) is 0 Å². The average Bonchev–Trinajstić information content (AvgIpc) is 2.64. The molecule has 1 aromatic carbocycles. The summed E-state index contributed by atoms with van der Waals surface area (Å²) in [4.78, 5) is 36.4. The monoisotopic (exact) mass is 351 g/mol. The lowest BCUT2D eigenvalue weighted by Gasteiger charge is -2.17. The van der Waals surface area contributed by atoms with Gasteiger partial charge in [-0.2, -0.15) is 0 Å². The van der Waals surface area contributed by atoms with Crippen LogP contribution in [0, 0.1) is 6.92 Å². The van der Waals surface area contributed by atoms with E-state index in [9.17, 15) is 14.4 Å². The van der Waals surface area contributed by atoms with Crippen molar-refractivity contribution < 1.29 is 19.5 Å². The molecule has 6 heteroatoms. The molecule has 2 rings (SSSR count). The molecule has 0 radical (unpaired) electrons. The fraction of sp³-hybridized carbons (Fsp3) is 0.267. The number of hydrogen-bond acceptors (Lipinski definition) is 3. The molecule has 0 aliphatic carbocycles. The van der Waals surface area contributed by atoms with Crippen molar-refractivity contribution in [1.29, 1.82) is 0 Å². The molecular weight excluding hydrogens is 338 g/mol. The lowest BCUT2D eigenvalue weighted by Crippen LogP contribution is -2.30. The Hall–Kier alpha value is -1.95. The first kappa shape index (κ1) is 15.4. The minimum atomic E-state index is -1.01. The highest BCUT2D eigenvalue weighted by molar-refractivity contribution is 9.10. The molecule has 1 aliphatic heterocycles. The van der Waals surface area contributed by atoms with E-state index in [4.69, 9.17) is 5.11 Å². The Labute approximate surface area is 130 Å². The Morgan fingerprint density at radius 3 is 2.62 bits per heavy atom. The van der Waals surface area contributed by atoms with Gasteiger partial charge >= 0.3 is 5.97 Å². The van der Waals surface area contributed by atoms with Gasteiger partial charge in [0.05, 0.1) is 11.3 Å². The Bertz CT molecular complexity index is 678. The minimum absolute atomic E-state index is 0.0789. The molecule has 0 atom stereocenters. The van der Waals surface area contributed by atoms with Crippen LogP contribution in [0.2, 0.25) is 0 Å². The molecular formula is C15H14BrNO4. The average molecular weight is 352 g/mol. The summed E-state index contributed by atoms with van der Waals surface area (Å²) in [5.74, 6) is -2.19. The van der Waals surface area contributed by atoms with Crippen LogP contribution in [-0.2, 0) is 9.59 Å². The molecule has 110 valence electrons. The maximum Gasteiger partial charge on any atom is 0.331 e. The van der Waals surface area contributed by atoms with E-state index in [1.165, 1.54) is 11.0 Å². The molecule has 0 saturated carbocycles. The number of aliphatic carboxylic acids is 1. The number of halogens is 1. The third-order valence-corrected chi connectivity index (χ3v) is 3.85. The van der Waals surface area contributed by atoms with Gasteiger partial charge in [0.15, 0.2) is 0 Å². The van der Waals surface area contributed by atoms with Gasteiger partial charge in [0, 0.05) is 16.6 Å².